The Kier molecular flexibility index (Phi) is 5.91. The molecule has 2 heterocycles. The van der Waals surface area contributed by atoms with Crippen molar-refractivity contribution in [3.05, 3.63) is 71.4 Å². The molecule has 0 spiro atoms. The SMILES string of the molecule is CC(C)(C)OC(=O)N1CC[C@H](OC(=Cc2cc(C#N)cc3[nH]ccc23)c2ccccc2)C1. The standard InChI is InChI=1S/C26H27N3O3/c1-26(2,3)32-25(30)29-12-10-21(17-29)31-24(19-7-5-4-6-8-19)15-20-13-18(16-27)14-23-22(20)9-11-28-23/h4-9,11,13-15,21,28H,10,12,17H2,1-3H3/t21-/m0/s1. The third kappa shape index (κ3) is 4.94. The fourth-order valence-corrected chi connectivity index (χ4v) is 3.81. The zero-order valence-corrected chi connectivity index (χ0v) is 18.6. The highest BCUT2D eigenvalue weighted by Gasteiger charge is 2.31. The number of carbonyl (C=O) groups is 1. The number of hydrogen-bond donors (Lipinski definition) is 1. The monoisotopic (exact) mass is 429 g/mol. The molecule has 1 N–H and O–H groups in total. The topological polar surface area (TPSA) is 78.3 Å². The lowest BCUT2D eigenvalue weighted by Gasteiger charge is -2.24. The molecular weight excluding hydrogens is 402 g/mol. The third-order valence-corrected chi connectivity index (χ3v) is 5.27. The number of nitriles is 1. The van der Waals surface area contributed by atoms with Gasteiger partial charge in [0.15, 0.2) is 0 Å². The Morgan fingerprint density at radius 3 is 2.72 bits per heavy atom. The second kappa shape index (κ2) is 8.80. The fourth-order valence-electron chi connectivity index (χ4n) is 3.81. The van der Waals surface area contributed by atoms with Gasteiger partial charge in [-0.3, -0.25) is 0 Å². The predicted molar refractivity (Wildman–Crippen MR) is 125 cm³/mol. The van der Waals surface area contributed by atoms with Crippen LogP contribution in [0.1, 0.15) is 43.9 Å². The molecule has 1 fully saturated rings. The van der Waals surface area contributed by atoms with Crippen molar-refractivity contribution in [1.82, 2.24) is 9.88 Å². The number of benzene rings is 2. The van der Waals surface area contributed by atoms with Gasteiger partial charge in [-0.1, -0.05) is 30.3 Å². The number of nitrogens with one attached hydrogen (secondary N) is 1. The van der Waals surface area contributed by atoms with Gasteiger partial charge in [-0.2, -0.15) is 5.26 Å². The van der Waals surface area contributed by atoms with E-state index in [9.17, 15) is 10.1 Å². The number of rotatable bonds is 4. The summed E-state index contributed by atoms with van der Waals surface area (Å²) < 4.78 is 11.9. The molecule has 6 heteroatoms. The number of carbonyl (C=O) groups excluding carboxylic acids is 1. The van der Waals surface area contributed by atoms with Gasteiger partial charge in [-0.05, 0) is 50.6 Å². The zero-order chi connectivity index (χ0) is 22.7. The van der Waals surface area contributed by atoms with Gasteiger partial charge in [-0.25, -0.2) is 4.79 Å². The molecule has 4 rings (SSSR count). The van der Waals surface area contributed by atoms with Gasteiger partial charge < -0.3 is 19.4 Å². The average molecular weight is 430 g/mol. The van der Waals surface area contributed by atoms with Crippen LogP contribution in [0.25, 0.3) is 22.7 Å². The summed E-state index contributed by atoms with van der Waals surface area (Å²) >= 11 is 0. The molecule has 1 aliphatic rings. The van der Waals surface area contributed by atoms with Gasteiger partial charge in [0.2, 0.25) is 0 Å². The largest absolute Gasteiger partial charge is 0.488 e. The lowest BCUT2D eigenvalue weighted by Crippen LogP contribution is -2.36. The molecule has 0 bridgehead atoms. The van der Waals surface area contributed by atoms with Crippen LogP contribution in [-0.2, 0) is 9.47 Å². The van der Waals surface area contributed by atoms with Crippen molar-refractivity contribution in [3.63, 3.8) is 0 Å². The maximum atomic E-state index is 12.4. The summed E-state index contributed by atoms with van der Waals surface area (Å²) in [6, 6.07) is 17.8. The molecule has 0 radical (unpaired) electrons. The first-order valence-electron chi connectivity index (χ1n) is 10.8. The van der Waals surface area contributed by atoms with Crippen molar-refractivity contribution in [2.75, 3.05) is 13.1 Å². The van der Waals surface area contributed by atoms with Crippen LogP contribution in [0.2, 0.25) is 0 Å². The van der Waals surface area contributed by atoms with E-state index in [1.54, 1.807) is 4.90 Å². The second-order valence-electron chi connectivity index (χ2n) is 8.95. The first-order valence-corrected chi connectivity index (χ1v) is 10.8. The van der Waals surface area contributed by atoms with Crippen molar-refractivity contribution in [2.24, 2.45) is 0 Å². The molecule has 0 saturated carbocycles. The molecule has 0 aliphatic carbocycles. The normalized spacial score (nSPS) is 16.8. The highest BCUT2D eigenvalue weighted by molar-refractivity contribution is 5.94. The Labute approximate surface area is 188 Å². The van der Waals surface area contributed by atoms with Crippen molar-refractivity contribution >= 4 is 28.8 Å². The van der Waals surface area contributed by atoms with Crippen molar-refractivity contribution in [3.8, 4) is 6.07 Å². The fraction of sp³-hybridized carbons (Fsp3) is 0.308. The average Bonchev–Trinajstić information content (AvgIpc) is 3.42. The first kappa shape index (κ1) is 21.5. The van der Waals surface area contributed by atoms with E-state index in [4.69, 9.17) is 9.47 Å². The van der Waals surface area contributed by atoms with Gasteiger partial charge in [0, 0.05) is 35.6 Å². The van der Waals surface area contributed by atoms with Crippen LogP contribution in [-0.4, -0.2) is 40.8 Å². The van der Waals surface area contributed by atoms with Crippen LogP contribution in [0.4, 0.5) is 4.79 Å². The molecule has 1 saturated heterocycles. The summed E-state index contributed by atoms with van der Waals surface area (Å²) in [5, 5.41) is 10.5. The maximum Gasteiger partial charge on any atom is 0.410 e. The Bertz CT molecular complexity index is 1180. The molecule has 2 aromatic carbocycles. The highest BCUT2D eigenvalue weighted by atomic mass is 16.6. The predicted octanol–water partition coefficient (Wildman–Crippen LogP) is 5.56. The van der Waals surface area contributed by atoms with E-state index in [0.29, 0.717) is 24.4 Å². The summed E-state index contributed by atoms with van der Waals surface area (Å²) in [5.41, 5.74) is 2.80. The quantitative estimate of drug-likeness (QED) is 0.435. The molecule has 3 aromatic rings. The second-order valence-corrected chi connectivity index (χ2v) is 8.95. The Hall–Kier alpha value is -3.72. The van der Waals surface area contributed by atoms with E-state index in [-0.39, 0.29) is 12.2 Å². The number of amides is 1. The molecule has 6 nitrogen and oxygen atoms in total. The van der Waals surface area contributed by atoms with Gasteiger partial charge in [-0.15, -0.1) is 0 Å². The minimum Gasteiger partial charge on any atom is -0.488 e. The van der Waals surface area contributed by atoms with Crippen LogP contribution in [0.3, 0.4) is 0 Å². The van der Waals surface area contributed by atoms with Gasteiger partial charge in [0.05, 0.1) is 18.2 Å². The van der Waals surface area contributed by atoms with Crippen molar-refractivity contribution < 1.29 is 14.3 Å². The van der Waals surface area contributed by atoms with Gasteiger partial charge in [0.1, 0.15) is 17.5 Å². The first-order chi connectivity index (χ1) is 15.3. The maximum absolute atomic E-state index is 12.4. The Morgan fingerprint density at radius 1 is 1.22 bits per heavy atom. The summed E-state index contributed by atoms with van der Waals surface area (Å²) in [5.74, 6) is 0.708. The van der Waals surface area contributed by atoms with Crippen LogP contribution in [0, 0.1) is 11.3 Å². The van der Waals surface area contributed by atoms with E-state index in [1.165, 1.54) is 0 Å². The molecule has 0 unspecified atom stereocenters. The highest BCUT2D eigenvalue weighted by Crippen LogP contribution is 2.29. The number of hydrogen-bond acceptors (Lipinski definition) is 4. The van der Waals surface area contributed by atoms with Crippen LogP contribution in [0.15, 0.2) is 54.7 Å². The van der Waals surface area contributed by atoms with Gasteiger partial charge >= 0.3 is 6.09 Å². The number of H-pyrrole nitrogens is 1. The summed E-state index contributed by atoms with van der Waals surface area (Å²) in [7, 11) is 0. The molecule has 1 aromatic heterocycles. The van der Waals surface area contributed by atoms with Crippen LogP contribution in [0.5, 0.6) is 0 Å². The number of likely N-dealkylation sites (tertiary alicyclic amines) is 1. The van der Waals surface area contributed by atoms with Crippen LogP contribution < -0.4 is 0 Å². The third-order valence-electron chi connectivity index (χ3n) is 5.27. The van der Waals surface area contributed by atoms with E-state index in [1.807, 2.05) is 81.6 Å². The van der Waals surface area contributed by atoms with Crippen molar-refractivity contribution in [2.45, 2.75) is 38.9 Å². The number of ether oxygens (including phenoxy) is 2. The number of fused-ring (bicyclic) bond motifs is 1. The van der Waals surface area contributed by atoms with E-state index in [0.717, 1.165) is 28.5 Å². The summed E-state index contributed by atoms with van der Waals surface area (Å²) in [6.07, 6.45) is 4.10. The van der Waals surface area contributed by atoms with Gasteiger partial charge in [0.25, 0.3) is 0 Å². The van der Waals surface area contributed by atoms with E-state index >= 15 is 0 Å². The summed E-state index contributed by atoms with van der Waals surface area (Å²) in [4.78, 5) is 17.3. The summed E-state index contributed by atoms with van der Waals surface area (Å²) in [6.45, 7) is 6.65. The molecular formula is C26H27N3O3. The smallest absolute Gasteiger partial charge is 0.410 e. The molecule has 1 atom stereocenters. The lowest BCUT2D eigenvalue weighted by atomic mass is 10.0. The minimum atomic E-state index is -0.529. The molecule has 32 heavy (non-hydrogen) atoms. The van der Waals surface area contributed by atoms with E-state index < -0.39 is 5.60 Å². The zero-order valence-electron chi connectivity index (χ0n) is 18.6. The van der Waals surface area contributed by atoms with Crippen LogP contribution >= 0.6 is 0 Å². The lowest BCUT2D eigenvalue weighted by molar-refractivity contribution is 0.0270. The molecule has 1 aliphatic heterocycles. The minimum absolute atomic E-state index is 0.144. The number of nitrogens with zero attached hydrogens (tertiary/aromatic N) is 2. The molecule has 1 amide bonds. The number of aromatic nitrogens is 1. The Balaban J connectivity index is 1.62. The molecule has 164 valence electrons. The van der Waals surface area contributed by atoms with Crippen molar-refractivity contribution in [1.29, 1.82) is 5.26 Å². The number of aromatic amines is 1. The Morgan fingerprint density at radius 2 is 2.00 bits per heavy atom. The van der Waals surface area contributed by atoms with E-state index in [2.05, 4.69) is 11.1 Å².